The highest BCUT2D eigenvalue weighted by molar-refractivity contribution is 5.87. The summed E-state index contributed by atoms with van der Waals surface area (Å²) in [6, 6.07) is 5.41. The first kappa shape index (κ1) is 22.0. The third-order valence-electron chi connectivity index (χ3n) is 4.32. The van der Waals surface area contributed by atoms with Gasteiger partial charge in [0.1, 0.15) is 6.04 Å². The van der Waals surface area contributed by atoms with Gasteiger partial charge in [-0.25, -0.2) is 4.79 Å². The van der Waals surface area contributed by atoms with Gasteiger partial charge in [0.15, 0.2) is 18.1 Å². The summed E-state index contributed by atoms with van der Waals surface area (Å²) in [5.41, 5.74) is 0. The predicted octanol–water partition coefficient (Wildman–Crippen LogP) is 0.499. The molecular formula is C19H24N2O8. The second-order valence-corrected chi connectivity index (χ2v) is 6.56. The number of hydrogen-bond donors (Lipinski definition) is 3. The molecule has 3 N–H and O–H groups in total. The van der Waals surface area contributed by atoms with Gasteiger partial charge >= 0.3 is 11.9 Å². The van der Waals surface area contributed by atoms with Crippen LogP contribution in [0.25, 0.3) is 0 Å². The van der Waals surface area contributed by atoms with Gasteiger partial charge in [-0.2, -0.15) is 0 Å². The number of carbonyl (C=O) groups is 4. The first-order valence-corrected chi connectivity index (χ1v) is 9.11. The second kappa shape index (κ2) is 10.3. The summed E-state index contributed by atoms with van der Waals surface area (Å²) < 4.78 is 10.7. The molecule has 0 heterocycles. The van der Waals surface area contributed by atoms with E-state index in [9.17, 15) is 19.2 Å². The number of hydrogen-bond acceptors (Lipinski definition) is 6. The average molecular weight is 408 g/mol. The highest BCUT2D eigenvalue weighted by Gasteiger charge is 2.33. The van der Waals surface area contributed by atoms with E-state index in [2.05, 4.69) is 5.32 Å². The number of carbonyl (C=O) groups excluding carboxylic acids is 2. The molecule has 10 heteroatoms. The van der Waals surface area contributed by atoms with Gasteiger partial charge in [-0.15, -0.1) is 0 Å². The molecule has 0 radical (unpaired) electrons. The van der Waals surface area contributed by atoms with E-state index in [1.54, 1.807) is 24.3 Å². The molecule has 1 fully saturated rings. The molecule has 1 aliphatic rings. The fourth-order valence-corrected chi connectivity index (χ4v) is 2.72. The molecule has 1 saturated carbocycles. The molecule has 10 nitrogen and oxygen atoms in total. The molecule has 1 atom stereocenters. The van der Waals surface area contributed by atoms with Crippen LogP contribution in [0.5, 0.6) is 11.5 Å². The second-order valence-electron chi connectivity index (χ2n) is 6.56. The number of amides is 2. The normalized spacial score (nSPS) is 13.8. The number of carboxylic acid groups (broad SMARTS) is 2. The zero-order valence-corrected chi connectivity index (χ0v) is 16.0. The van der Waals surface area contributed by atoms with Gasteiger partial charge in [0, 0.05) is 19.0 Å². The Labute approximate surface area is 167 Å². The lowest BCUT2D eigenvalue weighted by Gasteiger charge is -2.23. The van der Waals surface area contributed by atoms with Crippen LogP contribution in [0.15, 0.2) is 24.3 Å². The van der Waals surface area contributed by atoms with E-state index in [0.29, 0.717) is 11.5 Å². The number of nitrogens with one attached hydrogen (secondary N) is 1. The van der Waals surface area contributed by atoms with Crippen molar-refractivity contribution in [1.82, 2.24) is 10.2 Å². The molecule has 1 aromatic rings. The number of para-hydroxylation sites is 2. The molecule has 1 aliphatic carbocycles. The van der Waals surface area contributed by atoms with Crippen LogP contribution in [0.3, 0.4) is 0 Å². The summed E-state index contributed by atoms with van der Waals surface area (Å²) in [7, 11) is 1.49. The number of methoxy groups -OCH3 is 1. The summed E-state index contributed by atoms with van der Waals surface area (Å²) in [5, 5.41) is 19.9. The Morgan fingerprint density at radius 3 is 2.38 bits per heavy atom. The van der Waals surface area contributed by atoms with Gasteiger partial charge in [0.25, 0.3) is 5.91 Å². The maximum absolute atomic E-state index is 12.5. The number of rotatable bonds is 12. The zero-order chi connectivity index (χ0) is 21.4. The van der Waals surface area contributed by atoms with Gasteiger partial charge in [0.2, 0.25) is 5.91 Å². The lowest BCUT2D eigenvalue weighted by Crippen LogP contribution is -2.44. The minimum absolute atomic E-state index is 0.0193. The zero-order valence-electron chi connectivity index (χ0n) is 16.0. The Kier molecular flexibility index (Phi) is 7.81. The largest absolute Gasteiger partial charge is 0.493 e. The molecule has 0 aliphatic heterocycles. The standard InChI is InChI=1S/C19H24N2O8/c1-28-14-4-2-3-5-15(14)29-11-17(23)21(12-6-7-12)9-8-16(22)20-13(19(26)27)10-18(24)25/h2-5,12-13H,6-11H2,1H3,(H,20,22)(H,24,25)(H,26,27). The van der Waals surface area contributed by atoms with E-state index < -0.39 is 30.3 Å². The van der Waals surface area contributed by atoms with Crippen LogP contribution in [-0.2, 0) is 19.2 Å². The lowest BCUT2D eigenvalue weighted by atomic mass is 10.2. The van der Waals surface area contributed by atoms with Crippen molar-refractivity contribution in [1.29, 1.82) is 0 Å². The lowest BCUT2D eigenvalue weighted by molar-refractivity contribution is -0.147. The molecule has 0 bridgehead atoms. The van der Waals surface area contributed by atoms with Gasteiger partial charge in [-0.1, -0.05) is 12.1 Å². The fourth-order valence-electron chi connectivity index (χ4n) is 2.72. The van der Waals surface area contributed by atoms with Crippen LogP contribution in [0.4, 0.5) is 0 Å². The molecule has 0 aromatic heterocycles. The molecule has 0 saturated heterocycles. The van der Waals surface area contributed by atoms with Crippen LogP contribution in [0.2, 0.25) is 0 Å². The monoisotopic (exact) mass is 408 g/mol. The van der Waals surface area contributed by atoms with Crippen LogP contribution in [0.1, 0.15) is 25.7 Å². The van der Waals surface area contributed by atoms with Crippen molar-refractivity contribution in [2.45, 2.75) is 37.8 Å². The van der Waals surface area contributed by atoms with E-state index in [-0.39, 0.29) is 31.5 Å². The van der Waals surface area contributed by atoms with Crippen molar-refractivity contribution in [3.05, 3.63) is 24.3 Å². The average Bonchev–Trinajstić information content (AvgIpc) is 3.50. The van der Waals surface area contributed by atoms with Gasteiger partial charge < -0.3 is 29.9 Å². The summed E-state index contributed by atoms with van der Waals surface area (Å²) >= 11 is 0. The SMILES string of the molecule is COc1ccccc1OCC(=O)N(CCC(=O)NC(CC(=O)O)C(=O)O)C1CC1. The highest BCUT2D eigenvalue weighted by Crippen LogP contribution is 2.28. The minimum atomic E-state index is -1.51. The molecule has 1 unspecified atom stereocenters. The van der Waals surface area contributed by atoms with Gasteiger partial charge in [-0.3, -0.25) is 14.4 Å². The first-order valence-electron chi connectivity index (χ1n) is 9.11. The topological polar surface area (TPSA) is 142 Å². The van der Waals surface area contributed by atoms with Crippen molar-refractivity contribution in [3.63, 3.8) is 0 Å². The maximum atomic E-state index is 12.5. The van der Waals surface area contributed by atoms with Crippen molar-refractivity contribution >= 4 is 23.8 Å². The third-order valence-corrected chi connectivity index (χ3v) is 4.32. The smallest absolute Gasteiger partial charge is 0.326 e. The van der Waals surface area contributed by atoms with Crippen molar-refractivity contribution in [2.24, 2.45) is 0 Å². The summed E-state index contributed by atoms with van der Waals surface area (Å²) in [6.45, 7) is -0.140. The molecule has 1 aromatic carbocycles. The van der Waals surface area contributed by atoms with E-state index in [0.717, 1.165) is 12.8 Å². The molecule has 158 valence electrons. The Morgan fingerprint density at radius 1 is 1.17 bits per heavy atom. The predicted molar refractivity (Wildman–Crippen MR) is 99.7 cm³/mol. The Hall–Kier alpha value is -3.30. The van der Waals surface area contributed by atoms with E-state index >= 15 is 0 Å². The first-order chi connectivity index (χ1) is 13.8. The number of carboxylic acids is 2. The molecule has 29 heavy (non-hydrogen) atoms. The van der Waals surface area contributed by atoms with Crippen LogP contribution >= 0.6 is 0 Å². The highest BCUT2D eigenvalue weighted by atomic mass is 16.5. The number of benzene rings is 1. The minimum Gasteiger partial charge on any atom is -0.493 e. The van der Waals surface area contributed by atoms with Gasteiger partial charge in [0.05, 0.1) is 13.5 Å². The molecule has 2 amide bonds. The van der Waals surface area contributed by atoms with Crippen molar-refractivity contribution in [2.75, 3.05) is 20.3 Å². The number of nitrogens with zero attached hydrogens (tertiary/aromatic N) is 1. The van der Waals surface area contributed by atoms with Crippen LogP contribution in [-0.4, -0.2) is 71.2 Å². The quantitative estimate of drug-likeness (QED) is 0.454. The summed E-state index contributed by atoms with van der Waals surface area (Å²) in [4.78, 5) is 47.8. The number of aliphatic carboxylic acids is 2. The number of ether oxygens (including phenoxy) is 2. The van der Waals surface area contributed by atoms with Crippen LogP contribution < -0.4 is 14.8 Å². The summed E-state index contributed by atoms with van der Waals surface area (Å²) in [6.07, 6.45) is 0.775. The molecular weight excluding hydrogens is 384 g/mol. The summed E-state index contributed by atoms with van der Waals surface area (Å²) in [5.74, 6) is -2.78. The Morgan fingerprint density at radius 2 is 1.83 bits per heavy atom. The molecule has 0 spiro atoms. The Bertz CT molecular complexity index is 762. The molecule has 2 rings (SSSR count). The fraction of sp³-hybridized carbons (Fsp3) is 0.474. The van der Waals surface area contributed by atoms with Crippen LogP contribution in [0, 0.1) is 0 Å². The Balaban J connectivity index is 1.87. The van der Waals surface area contributed by atoms with E-state index in [4.69, 9.17) is 19.7 Å². The van der Waals surface area contributed by atoms with E-state index in [1.807, 2.05) is 0 Å². The van der Waals surface area contributed by atoms with Crippen molar-refractivity contribution in [3.8, 4) is 11.5 Å². The third kappa shape index (κ3) is 6.98. The van der Waals surface area contributed by atoms with E-state index in [1.165, 1.54) is 12.0 Å². The van der Waals surface area contributed by atoms with Gasteiger partial charge in [-0.05, 0) is 25.0 Å². The maximum Gasteiger partial charge on any atom is 0.326 e. The van der Waals surface area contributed by atoms with Crippen molar-refractivity contribution < 1.29 is 38.9 Å².